The first-order chi connectivity index (χ1) is 29.4. The van der Waals surface area contributed by atoms with Gasteiger partial charge in [0.25, 0.3) is 23.5 Å². The van der Waals surface area contributed by atoms with E-state index in [1.54, 1.807) is 0 Å². The molecule has 33 heteroatoms. The van der Waals surface area contributed by atoms with Gasteiger partial charge in [0.05, 0.1) is 30.0 Å². The number of amides is 2. The van der Waals surface area contributed by atoms with Crippen LogP contribution in [0.25, 0.3) is 11.2 Å². The van der Waals surface area contributed by atoms with Crippen molar-refractivity contribution >= 4 is 79.3 Å². The molecular formula is C31H42N7O21P3S2-4. The number of aliphatic hydroxyl groups excluding tert-OH is 2. The van der Waals surface area contributed by atoms with Crippen molar-refractivity contribution in [2.75, 3.05) is 37.8 Å². The zero-order chi connectivity index (χ0) is 48.1. The summed E-state index contributed by atoms with van der Waals surface area (Å²) in [7, 11) is -22.2. The summed E-state index contributed by atoms with van der Waals surface area (Å²) < 4.78 is 94.2. The van der Waals surface area contributed by atoms with E-state index in [1.165, 1.54) is 19.1 Å². The van der Waals surface area contributed by atoms with E-state index in [2.05, 4.69) is 43.5 Å². The lowest BCUT2D eigenvalue weighted by atomic mass is 9.87. The molecule has 0 bridgehead atoms. The molecule has 1 saturated heterocycles. The van der Waals surface area contributed by atoms with E-state index in [9.17, 15) is 75.9 Å². The number of nitrogens with one attached hydrogen (secondary N) is 2. The van der Waals surface area contributed by atoms with Gasteiger partial charge in [0.1, 0.15) is 46.4 Å². The SMILES string of the molecule is CC(O)(CC(=O)SCCNC(=O)CCNC(=O)C(O)C(C)(C)COP(=O)([O-])OP(=O)([O-])OCC1OC(n2cnc3c(N)ncnc32)C(O)C1OP(=O)([O-])O)c1ccc(S(=O)(=O)[O-])cc1. The fourth-order valence-electron chi connectivity index (χ4n) is 5.69. The van der Waals surface area contributed by atoms with Crippen molar-refractivity contribution in [2.45, 2.75) is 74.8 Å². The summed E-state index contributed by atoms with van der Waals surface area (Å²) in [4.78, 5) is 94.3. The van der Waals surface area contributed by atoms with Gasteiger partial charge in [-0.25, -0.2) is 27.7 Å². The smallest absolute Gasteiger partial charge is 0.274 e. The van der Waals surface area contributed by atoms with Gasteiger partial charge < -0.3 is 74.1 Å². The Morgan fingerprint density at radius 1 is 1.03 bits per heavy atom. The minimum Gasteiger partial charge on any atom is -0.756 e. The maximum absolute atomic E-state index is 12.6. The van der Waals surface area contributed by atoms with Crippen LogP contribution in [0.15, 0.2) is 41.8 Å². The summed E-state index contributed by atoms with van der Waals surface area (Å²) in [6, 6.07) is 4.42. The van der Waals surface area contributed by atoms with Crippen molar-refractivity contribution in [2.24, 2.45) is 5.41 Å². The topological polar surface area (TPSA) is 450 Å². The Hall–Kier alpha value is -3.35. The predicted molar refractivity (Wildman–Crippen MR) is 209 cm³/mol. The van der Waals surface area contributed by atoms with Crippen LogP contribution < -0.4 is 31.0 Å². The zero-order valence-corrected chi connectivity index (χ0v) is 37.9. The Morgan fingerprint density at radius 2 is 1.67 bits per heavy atom. The second kappa shape index (κ2) is 21.1. The van der Waals surface area contributed by atoms with E-state index < -0.39 is 110 Å². The third kappa shape index (κ3) is 15.1. The molecule has 0 saturated carbocycles. The fourth-order valence-corrected chi connectivity index (χ4v) is 9.72. The molecule has 9 atom stereocenters. The highest BCUT2D eigenvalue weighted by molar-refractivity contribution is 8.13. The molecule has 2 amide bonds. The van der Waals surface area contributed by atoms with Gasteiger partial charge in [-0.2, -0.15) is 0 Å². The minimum absolute atomic E-state index is 0.00933. The fraction of sp³-hybridized carbons (Fsp3) is 0.548. The number of hydrogen-bond acceptors (Lipinski definition) is 25. The number of thioether (sulfide) groups is 1. The lowest BCUT2D eigenvalue weighted by Crippen LogP contribution is -2.46. The number of ether oxygens (including phenoxy) is 1. The molecule has 1 fully saturated rings. The number of aliphatic hydroxyl groups is 3. The number of nitrogens with zero attached hydrogens (tertiary/aromatic N) is 4. The lowest BCUT2D eigenvalue weighted by molar-refractivity contribution is -0.247. The van der Waals surface area contributed by atoms with Crippen LogP contribution in [-0.4, -0.2) is 126 Å². The first-order valence-corrected chi connectivity index (χ1v) is 25.0. The molecule has 4 rings (SSSR count). The second-order valence-corrected chi connectivity index (χ2v) is 21.3. The van der Waals surface area contributed by atoms with Gasteiger partial charge in [0, 0.05) is 37.1 Å². The highest BCUT2D eigenvalue weighted by atomic mass is 32.2. The van der Waals surface area contributed by atoms with Gasteiger partial charge in [0.15, 0.2) is 22.8 Å². The van der Waals surface area contributed by atoms with Crippen molar-refractivity contribution in [1.82, 2.24) is 30.2 Å². The van der Waals surface area contributed by atoms with Crippen molar-refractivity contribution in [3.8, 4) is 0 Å². The number of rotatable bonds is 23. The first-order valence-electron chi connectivity index (χ1n) is 18.2. The molecule has 3 aromatic rings. The summed E-state index contributed by atoms with van der Waals surface area (Å²) in [5, 5.41) is 36.4. The number of nitrogen functional groups attached to an aromatic ring is 1. The number of imidazole rings is 1. The van der Waals surface area contributed by atoms with Gasteiger partial charge >= 0.3 is 0 Å². The van der Waals surface area contributed by atoms with Crippen LogP contribution in [-0.2, 0) is 66.4 Å². The maximum atomic E-state index is 12.6. The average molecular weight is 1010 g/mol. The molecule has 1 aromatic carbocycles. The van der Waals surface area contributed by atoms with Crippen LogP contribution in [0.2, 0.25) is 0 Å². The quantitative estimate of drug-likeness (QED) is 0.0282. The van der Waals surface area contributed by atoms with Crippen LogP contribution >= 0.6 is 35.2 Å². The summed E-state index contributed by atoms with van der Waals surface area (Å²) in [6.07, 6.45) is -8.11. The summed E-state index contributed by atoms with van der Waals surface area (Å²) >= 11 is 0.783. The van der Waals surface area contributed by atoms with E-state index in [0.29, 0.717) is 0 Å². The summed E-state index contributed by atoms with van der Waals surface area (Å²) in [5.41, 5.74) is 2.49. The molecule has 0 radical (unpaired) electrons. The molecular weight excluding hydrogens is 963 g/mol. The summed E-state index contributed by atoms with van der Waals surface area (Å²) in [5.74, 6) is -1.67. The number of nitrogens with two attached hydrogens (primary N) is 1. The van der Waals surface area contributed by atoms with Gasteiger partial charge in [-0.1, -0.05) is 37.7 Å². The van der Waals surface area contributed by atoms with E-state index in [1.807, 2.05) is 0 Å². The molecule has 2 aromatic heterocycles. The van der Waals surface area contributed by atoms with Gasteiger partial charge in [-0.05, 0) is 24.6 Å². The second-order valence-electron chi connectivity index (χ2n) is 14.7. The molecule has 3 heterocycles. The largest absolute Gasteiger partial charge is 0.756 e. The Balaban J connectivity index is 1.19. The van der Waals surface area contributed by atoms with Crippen LogP contribution in [0.1, 0.15) is 45.4 Å². The number of phosphoric ester groups is 3. The van der Waals surface area contributed by atoms with Gasteiger partial charge in [-0.3, -0.25) is 32.6 Å². The molecule has 1 aliphatic heterocycles. The lowest BCUT2D eigenvalue weighted by Gasteiger charge is -2.35. The third-order valence-electron chi connectivity index (χ3n) is 9.00. The zero-order valence-electron chi connectivity index (χ0n) is 33.6. The Kier molecular flexibility index (Phi) is 17.5. The Morgan fingerprint density at radius 3 is 2.30 bits per heavy atom. The molecule has 64 heavy (non-hydrogen) atoms. The number of fused-ring (bicyclic) bond motifs is 1. The van der Waals surface area contributed by atoms with Crippen LogP contribution in [0, 0.1) is 5.41 Å². The third-order valence-corrected chi connectivity index (χ3v) is 13.7. The molecule has 358 valence electrons. The highest BCUT2D eigenvalue weighted by Crippen LogP contribution is 2.56. The first kappa shape index (κ1) is 53.3. The predicted octanol–water partition coefficient (Wildman–Crippen LogP) is -3.03. The number of carbonyl (C=O) groups is 3. The maximum Gasteiger partial charge on any atom is 0.274 e. The van der Waals surface area contributed by atoms with Crippen LogP contribution in [0.3, 0.4) is 0 Å². The van der Waals surface area contributed by atoms with Crippen molar-refractivity contribution in [1.29, 1.82) is 0 Å². The molecule has 9 unspecified atom stereocenters. The monoisotopic (exact) mass is 1010 g/mol. The number of phosphoric acid groups is 3. The van der Waals surface area contributed by atoms with Gasteiger partial charge in [0.2, 0.25) is 11.8 Å². The van der Waals surface area contributed by atoms with E-state index >= 15 is 0 Å². The molecule has 8 N–H and O–H groups in total. The van der Waals surface area contributed by atoms with E-state index in [0.717, 1.165) is 55.0 Å². The number of hydrogen-bond donors (Lipinski definition) is 7. The normalized spacial score (nSPS) is 22.4. The number of benzene rings is 1. The number of aromatic nitrogens is 4. The van der Waals surface area contributed by atoms with E-state index in [4.69, 9.17) is 10.5 Å². The molecule has 0 spiro atoms. The van der Waals surface area contributed by atoms with Gasteiger partial charge in [-0.15, -0.1) is 0 Å². The van der Waals surface area contributed by atoms with Crippen molar-refractivity contribution in [3.63, 3.8) is 0 Å². The highest BCUT2D eigenvalue weighted by Gasteiger charge is 2.48. The van der Waals surface area contributed by atoms with Crippen LogP contribution in [0.5, 0.6) is 0 Å². The summed E-state index contributed by atoms with van der Waals surface area (Å²) in [6.45, 7) is 0.990. The van der Waals surface area contributed by atoms with Crippen molar-refractivity contribution in [3.05, 3.63) is 42.5 Å². The minimum atomic E-state index is -5.95. The standard InChI is InChI=1S/C31H46N7O21P3S2/c1-30(2,25(42)28(43)34-9-8-20(39)33-10-11-63-21(40)12-31(3,44)17-4-6-18(7-5-17)64(52,53)54)14-56-62(50,51)59-61(48,49)55-13-19-24(58-60(45,46)47)23(41)29(57-19)38-16-37-22-26(32)35-15-36-27(22)38/h4-7,15-16,19,23-25,29,41-42,44H,8-14H2,1-3H3,(H,33,39)(H,34,43)(H,48,49)(H,50,51)(H2,32,35,36)(H2,45,46,47)(H,52,53,54)/p-4. The Bertz CT molecular complexity index is 2420. The molecule has 28 nitrogen and oxygen atoms in total. The number of carbonyl (C=O) groups excluding carboxylic acids is 3. The molecule has 0 aliphatic carbocycles. The number of anilines is 1. The molecule has 1 aliphatic rings. The van der Waals surface area contributed by atoms with E-state index in [-0.39, 0.29) is 54.2 Å². The van der Waals surface area contributed by atoms with Crippen LogP contribution in [0.4, 0.5) is 5.82 Å². The average Bonchev–Trinajstić information content (AvgIpc) is 3.74. The van der Waals surface area contributed by atoms with Crippen molar-refractivity contribution < 1.29 is 98.6 Å². The Labute approximate surface area is 367 Å².